The van der Waals surface area contributed by atoms with Gasteiger partial charge in [0.1, 0.15) is 0 Å². The van der Waals surface area contributed by atoms with Crippen LogP contribution in [0.3, 0.4) is 0 Å². The lowest BCUT2D eigenvalue weighted by atomic mass is 9.96. The molecular formula is C14H18N4OS. The van der Waals surface area contributed by atoms with E-state index < -0.39 is 0 Å². The summed E-state index contributed by atoms with van der Waals surface area (Å²) < 4.78 is 0. The van der Waals surface area contributed by atoms with Gasteiger partial charge in [-0.2, -0.15) is 5.10 Å². The van der Waals surface area contributed by atoms with Gasteiger partial charge in [-0.1, -0.05) is 0 Å². The molecule has 2 aromatic rings. The van der Waals surface area contributed by atoms with Gasteiger partial charge in [0.05, 0.1) is 33.4 Å². The Labute approximate surface area is 122 Å². The maximum atomic E-state index is 12.6. The molecule has 2 aromatic heterocycles. The average molecular weight is 290 g/mol. The van der Waals surface area contributed by atoms with Gasteiger partial charge in [0, 0.05) is 12.7 Å². The summed E-state index contributed by atoms with van der Waals surface area (Å²) in [5, 5.41) is 7.85. The van der Waals surface area contributed by atoms with E-state index in [0.29, 0.717) is 5.56 Å². The second-order valence-electron chi connectivity index (χ2n) is 5.28. The molecule has 0 radical (unpaired) electrons. The van der Waals surface area contributed by atoms with Crippen molar-refractivity contribution in [3.8, 4) is 0 Å². The third-order valence-electron chi connectivity index (χ3n) is 3.88. The van der Waals surface area contributed by atoms with Gasteiger partial charge in [-0.05, 0) is 33.1 Å². The van der Waals surface area contributed by atoms with E-state index in [1.54, 1.807) is 17.5 Å². The Hall–Kier alpha value is -1.69. The number of rotatable bonds is 2. The van der Waals surface area contributed by atoms with Crippen LogP contribution in [0.5, 0.6) is 0 Å². The minimum Gasteiger partial charge on any atom is -0.334 e. The lowest BCUT2D eigenvalue weighted by Crippen LogP contribution is -2.33. The first kappa shape index (κ1) is 13.3. The van der Waals surface area contributed by atoms with E-state index >= 15 is 0 Å². The first-order valence-corrected chi connectivity index (χ1v) is 7.63. The summed E-state index contributed by atoms with van der Waals surface area (Å²) in [6, 6.07) is 0.145. The number of aryl methyl sites for hydroxylation is 3. The van der Waals surface area contributed by atoms with E-state index in [1.165, 1.54) is 10.6 Å². The van der Waals surface area contributed by atoms with E-state index in [1.807, 2.05) is 25.8 Å². The number of aromatic nitrogens is 3. The van der Waals surface area contributed by atoms with Crippen LogP contribution in [-0.4, -0.2) is 33.0 Å². The van der Waals surface area contributed by atoms with Crippen LogP contribution in [0.15, 0.2) is 6.20 Å². The molecular weight excluding hydrogens is 272 g/mol. The van der Waals surface area contributed by atoms with Crippen molar-refractivity contribution in [2.24, 2.45) is 0 Å². The topological polar surface area (TPSA) is 61.9 Å². The number of carbonyl (C=O) groups excluding carboxylic acids is 1. The zero-order chi connectivity index (χ0) is 14.3. The van der Waals surface area contributed by atoms with E-state index in [4.69, 9.17) is 0 Å². The zero-order valence-electron chi connectivity index (χ0n) is 11.9. The van der Waals surface area contributed by atoms with E-state index in [2.05, 4.69) is 15.2 Å². The summed E-state index contributed by atoms with van der Waals surface area (Å²) in [5.41, 5.74) is 2.64. The minimum absolute atomic E-state index is 0.0279. The van der Waals surface area contributed by atoms with Gasteiger partial charge in [0.15, 0.2) is 0 Å². The highest BCUT2D eigenvalue weighted by Crippen LogP contribution is 2.37. The fourth-order valence-electron chi connectivity index (χ4n) is 2.79. The number of nitrogens with one attached hydrogen (secondary N) is 1. The number of carbonyl (C=O) groups is 1. The van der Waals surface area contributed by atoms with Crippen LogP contribution in [0.2, 0.25) is 0 Å². The van der Waals surface area contributed by atoms with Gasteiger partial charge >= 0.3 is 0 Å². The number of nitrogens with zero attached hydrogens (tertiary/aromatic N) is 3. The van der Waals surface area contributed by atoms with Crippen molar-refractivity contribution in [1.82, 2.24) is 20.1 Å². The Balaban J connectivity index is 1.90. The molecule has 6 heteroatoms. The van der Waals surface area contributed by atoms with Crippen molar-refractivity contribution in [2.45, 2.75) is 39.2 Å². The Kier molecular flexibility index (Phi) is 3.33. The standard InChI is InChI=1S/C14H18N4OS/c1-8-10(7-15-17-8)14(19)18(3)12-6-4-5-11-13(12)20-9(2)16-11/h7,12H,4-6H2,1-3H3,(H,15,17). The van der Waals surface area contributed by atoms with Crippen molar-refractivity contribution in [1.29, 1.82) is 0 Å². The summed E-state index contributed by atoms with van der Waals surface area (Å²) in [6.07, 6.45) is 4.73. The third kappa shape index (κ3) is 2.14. The van der Waals surface area contributed by atoms with Crippen LogP contribution in [-0.2, 0) is 6.42 Å². The molecule has 3 rings (SSSR count). The quantitative estimate of drug-likeness (QED) is 0.925. The summed E-state index contributed by atoms with van der Waals surface area (Å²) in [5.74, 6) is 0.0279. The summed E-state index contributed by atoms with van der Waals surface area (Å²) in [7, 11) is 1.88. The number of thiazole rings is 1. The first-order chi connectivity index (χ1) is 9.58. The molecule has 1 atom stereocenters. The second-order valence-corrected chi connectivity index (χ2v) is 6.51. The molecule has 1 aliphatic rings. The van der Waals surface area contributed by atoms with Gasteiger partial charge in [-0.25, -0.2) is 4.98 Å². The first-order valence-electron chi connectivity index (χ1n) is 6.81. The molecule has 0 fully saturated rings. The molecule has 1 N–H and O–H groups in total. The fraction of sp³-hybridized carbons (Fsp3) is 0.500. The van der Waals surface area contributed by atoms with Gasteiger partial charge in [0.25, 0.3) is 5.91 Å². The van der Waals surface area contributed by atoms with Gasteiger partial charge in [-0.3, -0.25) is 9.89 Å². The van der Waals surface area contributed by atoms with Crippen molar-refractivity contribution in [2.75, 3.05) is 7.05 Å². The highest BCUT2D eigenvalue weighted by molar-refractivity contribution is 7.11. The number of hydrogen-bond donors (Lipinski definition) is 1. The molecule has 1 amide bonds. The summed E-state index contributed by atoms with van der Waals surface area (Å²) in [4.78, 5) is 20.3. The van der Waals surface area contributed by atoms with Crippen molar-refractivity contribution in [3.63, 3.8) is 0 Å². The Morgan fingerprint density at radius 1 is 1.50 bits per heavy atom. The molecule has 0 aromatic carbocycles. The lowest BCUT2D eigenvalue weighted by Gasteiger charge is -2.30. The molecule has 0 bridgehead atoms. The molecule has 5 nitrogen and oxygen atoms in total. The number of aromatic amines is 1. The van der Waals surface area contributed by atoms with Crippen molar-refractivity contribution < 1.29 is 4.79 Å². The molecule has 106 valence electrons. The summed E-state index contributed by atoms with van der Waals surface area (Å²) >= 11 is 1.72. The molecule has 2 heterocycles. The van der Waals surface area contributed by atoms with Gasteiger partial charge in [-0.15, -0.1) is 11.3 Å². The van der Waals surface area contributed by atoms with Crippen LogP contribution in [0, 0.1) is 13.8 Å². The van der Waals surface area contributed by atoms with Crippen LogP contribution >= 0.6 is 11.3 Å². The molecule has 20 heavy (non-hydrogen) atoms. The monoisotopic (exact) mass is 290 g/mol. The number of fused-ring (bicyclic) bond motifs is 1. The third-order valence-corrected chi connectivity index (χ3v) is 4.99. The zero-order valence-corrected chi connectivity index (χ0v) is 12.8. The SMILES string of the molecule is Cc1nc2c(s1)C(N(C)C(=O)c1cn[nH]c1C)CCC2. The lowest BCUT2D eigenvalue weighted by molar-refractivity contribution is 0.0717. The maximum Gasteiger partial charge on any atom is 0.257 e. The number of amides is 1. The largest absolute Gasteiger partial charge is 0.334 e. The van der Waals surface area contributed by atoms with Crippen LogP contribution in [0.4, 0.5) is 0 Å². The van der Waals surface area contributed by atoms with E-state index in [0.717, 1.165) is 30.0 Å². The fourth-order valence-corrected chi connectivity index (χ4v) is 3.94. The molecule has 0 saturated heterocycles. The Morgan fingerprint density at radius 3 is 3.00 bits per heavy atom. The predicted molar refractivity (Wildman–Crippen MR) is 77.9 cm³/mol. The average Bonchev–Trinajstić information content (AvgIpc) is 3.01. The smallest absolute Gasteiger partial charge is 0.257 e. The molecule has 0 spiro atoms. The molecule has 1 unspecified atom stereocenters. The van der Waals surface area contributed by atoms with Gasteiger partial charge in [0.2, 0.25) is 0 Å². The van der Waals surface area contributed by atoms with Crippen LogP contribution in [0.25, 0.3) is 0 Å². The number of hydrogen-bond acceptors (Lipinski definition) is 4. The summed E-state index contributed by atoms with van der Waals surface area (Å²) in [6.45, 7) is 3.90. The van der Waals surface area contributed by atoms with Crippen LogP contribution < -0.4 is 0 Å². The highest BCUT2D eigenvalue weighted by atomic mass is 32.1. The second kappa shape index (κ2) is 5.01. The normalized spacial score (nSPS) is 17.9. The highest BCUT2D eigenvalue weighted by Gasteiger charge is 2.30. The van der Waals surface area contributed by atoms with Crippen molar-refractivity contribution >= 4 is 17.2 Å². The molecule has 1 aliphatic carbocycles. The predicted octanol–water partition coefficient (Wildman–Crippen LogP) is 2.63. The Bertz CT molecular complexity index is 645. The molecule has 0 aliphatic heterocycles. The molecule has 0 saturated carbocycles. The van der Waals surface area contributed by atoms with E-state index in [-0.39, 0.29) is 11.9 Å². The maximum absolute atomic E-state index is 12.6. The number of H-pyrrole nitrogens is 1. The van der Waals surface area contributed by atoms with Crippen molar-refractivity contribution in [3.05, 3.63) is 33.0 Å². The van der Waals surface area contributed by atoms with E-state index in [9.17, 15) is 4.79 Å². The Morgan fingerprint density at radius 2 is 2.30 bits per heavy atom. The minimum atomic E-state index is 0.0279. The van der Waals surface area contributed by atoms with Crippen LogP contribution in [0.1, 0.15) is 50.5 Å². The van der Waals surface area contributed by atoms with Gasteiger partial charge < -0.3 is 4.90 Å².